The smallest absolute Gasteiger partial charge is 0.0406 e. The van der Waals surface area contributed by atoms with Crippen LogP contribution in [0.1, 0.15) is 18.1 Å². The summed E-state index contributed by atoms with van der Waals surface area (Å²) >= 11 is 7.64. The maximum absolute atomic E-state index is 5.87. The Kier molecular flexibility index (Phi) is 4.14. The first-order chi connectivity index (χ1) is 8.19. The third-order valence-corrected chi connectivity index (χ3v) is 3.99. The molecule has 0 unspecified atom stereocenters. The third kappa shape index (κ3) is 3.27. The van der Waals surface area contributed by atoms with Crippen LogP contribution in [0.5, 0.6) is 0 Å². The predicted molar refractivity (Wildman–Crippen MR) is 76.1 cm³/mol. The minimum absolute atomic E-state index is 0.784. The van der Waals surface area contributed by atoms with Crippen LogP contribution in [0.15, 0.2) is 52.3 Å². The fraction of sp³-hybridized carbons (Fsp3) is 0.200. The summed E-state index contributed by atoms with van der Waals surface area (Å²) in [7, 11) is 0. The van der Waals surface area contributed by atoms with Gasteiger partial charge in [-0.15, -0.1) is 0 Å². The van der Waals surface area contributed by atoms with Crippen molar-refractivity contribution in [2.24, 2.45) is 0 Å². The zero-order valence-corrected chi connectivity index (χ0v) is 11.6. The molecule has 0 radical (unpaired) electrons. The molecule has 2 aromatic carbocycles. The van der Waals surface area contributed by atoms with Crippen LogP contribution in [0, 0.1) is 6.92 Å². The van der Waals surface area contributed by atoms with Gasteiger partial charge in [0.2, 0.25) is 0 Å². The number of rotatable bonds is 3. The zero-order valence-electron chi connectivity index (χ0n) is 10.0. The molecule has 2 aromatic rings. The predicted octanol–water partition coefficient (Wildman–Crippen LogP) is 5.36. The molecule has 0 aliphatic heterocycles. The van der Waals surface area contributed by atoms with E-state index in [4.69, 9.17) is 11.6 Å². The van der Waals surface area contributed by atoms with E-state index in [0.717, 1.165) is 11.4 Å². The van der Waals surface area contributed by atoms with Crippen molar-refractivity contribution in [1.82, 2.24) is 0 Å². The van der Waals surface area contributed by atoms with E-state index in [2.05, 4.69) is 44.2 Å². The lowest BCUT2D eigenvalue weighted by molar-refractivity contribution is 1.10. The number of benzene rings is 2. The van der Waals surface area contributed by atoms with E-state index in [1.807, 2.05) is 12.1 Å². The molecule has 0 amide bonds. The maximum Gasteiger partial charge on any atom is 0.0406 e. The van der Waals surface area contributed by atoms with Crippen molar-refractivity contribution in [2.75, 3.05) is 0 Å². The third-order valence-electron chi connectivity index (χ3n) is 2.74. The Morgan fingerprint density at radius 2 is 1.65 bits per heavy atom. The molecule has 0 bridgehead atoms. The van der Waals surface area contributed by atoms with Crippen molar-refractivity contribution in [1.29, 1.82) is 0 Å². The van der Waals surface area contributed by atoms with Gasteiger partial charge in [-0.2, -0.15) is 0 Å². The van der Waals surface area contributed by atoms with Crippen LogP contribution in [0.2, 0.25) is 5.02 Å². The summed E-state index contributed by atoms with van der Waals surface area (Å²) in [6.45, 7) is 4.36. The van der Waals surface area contributed by atoms with Crippen LogP contribution in [-0.4, -0.2) is 0 Å². The molecule has 0 aromatic heterocycles. The fourth-order valence-electron chi connectivity index (χ4n) is 1.77. The normalized spacial score (nSPS) is 10.5. The first kappa shape index (κ1) is 12.5. The Labute approximate surface area is 112 Å². The molecule has 0 N–H and O–H groups in total. The number of hydrogen-bond donors (Lipinski definition) is 0. The van der Waals surface area contributed by atoms with Gasteiger partial charge < -0.3 is 0 Å². The molecule has 0 saturated carbocycles. The van der Waals surface area contributed by atoms with Crippen molar-refractivity contribution in [3.63, 3.8) is 0 Å². The summed E-state index contributed by atoms with van der Waals surface area (Å²) in [4.78, 5) is 2.50. The van der Waals surface area contributed by atoms with Crippen molar-refractivity contribution in [2.45, 2.75) is 30.1 Å². The quantitative estimate of drug-likeness (QED) is 0.717. The first-order valence-electron chi connectivity index (χ1n) is 5.72. The largest absolute Gasteiger partial charge is 0.0901 e. The average Bonchev–Trinajstić information content (AvgIpc) is 2.32. The van der Waals surface area contributed by atoms with E-state index >= 15 is 0 Å². The Bertz CT molecular complexity index is 503. The fourth-order valence-corrected chi connectivity index (χ4v) is 2.81. The lowest BCUT2D eigenvalue weighted by atomic mass is 10.1. The molecule has 2 heteroatoms. The van der Waals surface area contributed by atoms with Gasteiger partial charge in [0, 0.05) is 14.8 Å². The van der Waals surface area contributed by atoms with Gasteiger partial charge >= 0.3 is 0 Å². The van der Waals surface area contributed by atoms with E-state index in [1.165, 1.54) is 20.9 Å². The Balaban J connectivity index is 2.19. The van der Waals surface area contributed by atoms with Gasteiger partial charge in [-0.25, -0.2) is 0 Å². The highest BCUT2D eigenvalue weighted by atomic mass is 35.5. The second-order valence-electron chi connectivity index (χ2n) is 4.00. The molecule has 0 fully saturated rings. The summed E-state index contributed by atoms with van der Waals surface area (Å²) < 4.78 is 0. The minimum Gasteiger partial charge on any atom is -0.0901 e. The molecule has 88 valence electrons. The summed E-state index contributed by atoms with van der Waals surface area (Å²) in [6.07, 6.45) is 1.09. The van der Waals surface area contributed by atoms with Crippen molar-refractivity contribution in [3.05, 3.63) is 58.6 Å². The van der Waals surface area contributed by atoms with Gasteiger partial charge in [0.15, 0.2) is 0 Å². The highest BCUT2D eigenvalue weighted by molar-refractivity contribution is 7.99. The van der Waals surface area contributed by atoms with Gasteiger partial charge in [0.1, 0.15) is 0 Å². The summed E-state index contributed by atoms with van der Waals surface area (Å²) in [5.74, 6) is 0. The van der Waals surface area contributed by atoms with Crippen LogP contribution in [0.25, 0.3) is 0 Å². The Morgan fingerprint density at radius 1 is 1.00 bits per heavy atom. The van der Waals surface area contributed by atoms with Crippen LogP contribution in [0.3, 0.4) is 0 Å². The van der Waals surface area contributed by atoms with Gasteiger partial charge in [-0.05, 0) is 60.9 Å². The molecule has 0 nitrogen and oxygen atoms in total. The Hall–Kier alpha value is -0.920. The van der Waals surface area contributed by atoms with E-state index in [-0.39, 0.29) is 0 Å². The average molecular weight is 263 g/mol. The van der Waals surface area contributed by atoms with Gasteiger partial charge in [0.05, 0.1) is 0 Å². The molecule has 0 heterocycles. The number of halogens is 1. The van der Waals surface area contributed by atoms with E-state index in [1.54, 1.807) is 11.8 Å². The van der Waals surface area contributed by atoms with Crippen molar-refractivity contribution in [3.8, 4) is 0 Å². The monoisotopic (exact) mass is 262 g/mol. The van der Waals surface area contributed by atoms with Gasteiger partial charge in [-0.1, -0.05) is 36.4 Å². The maximum atomic E-state index is 5.87. The highest BCUT2D eigenvalue weighted by Crippen LogP contribution is 2.29. The van der Waals surface area contributed by atoms with Crippen LogP contribution < -0.4 is 0 Å². The summed E-state index contributed by atoms with van der Waals surface area (Å²) in [5.41, 5.74) is 2.79. The highest BCUT2D eigenvalue weighted by Gasteiger charge is 2.01. The zero-order chi connectivity index (χ0) is 12.3. The SMILES string of the molecule is CCc1ccc(Sc2ccc(Cl)cc2)cc1C. The molecule has 0 aliphatic rings. The van der Waals surface area contributed by atoms with E-state index < -0.39 is 0 Å². The van der Waals surface area contributed by atoms with Gasteiger partial charge in [-0.3, -0.25) is 0 Å². The van der Waals surface area contributed by atoms with Crippen LogP contribution in [0.4, 0.5) is 0 Å². The summed E-state index contributed by atoms with van der Waals surface area (Å²) in [6, 6.07) is 14.6. The van der Waals surface area contributed by atoms with E-state index in [9.17, 15) is 0 Å². The molecule has 17 heavy (non-hydrogen) atoms. The van der Waals surface area contributed by atoms with Crippen molar-refractivity contribution >= 4 is 23.4 Å². The van der Waals surface area contributed by atoms with Crippen LogP contribution >= 0.6 is 23.4 Å². The van der Waals surface area contributed by atoms with Gasteiger partial charge in [0.25, 0.3) is 0 Å². The Morgan fingerprint density at radius 3 is 2.24 bits per heavy atom. The topological polar surface area (TPSA) is 0 Å². The second-order valence-corrected chi connectivity index (χ2v) is 5.58. The summed E-state index contributed by atoms with van der Waals surface area (Å²) in [5, 5.41) is 0.784. The molecule has 0 aliphatic carbocycles. The van der Waals surface area contributed by atoms with Crippen LogP contribution in [-0.2, 0) is 6.42 Å². The second kappa shape index (κ2) is 5.61. The standard InChI is InChI=1S/C15H15ClS/c1-3-12-4-7-15(10-11(12)2)17-14-8-5-13(16)6-9-14/h4-10H,3H2,1-2H3. The lowest BCUT2D eigenvalue weighted by Gasteiger charge is -2.06. The molecule has 0 atom stereocenters. The minimum atomic E-state index is 0.784. The molecule has 0 spiro atoms. The van der Waals surface area contributed by atoms with Crippen molar-refractivity contribution < 1.29 is 0 Å². The van der Waals surface area contributed by atoms with E-state index in [0.29, 0.717) is 0 Å². The number of hydrogen-bond acceptors (Lipinski definition) is 1. The molecular weight excluding hydrogens is 248 g/mol. The first-order valence-corrected chi connectivity index (χ1v) is 6.91. The number of aryl methyl sites for hydroxylation is 2. The molecule has 2 rings (SSSR count). The molecular formula is C15H15ClS. The lowest BCUT2D eigenvalue weighted by Crippen LogP contribution is -1.86. The molecule has 0 saturated heterocycles.